The summed E-state index contributed by atoms with van der Waals surface area (Å²) in [5.74, 6) is 1.29. The Morgan fingerprint density at radius 1 is 0.971 bits per heavy atom. The Kier molecular flexibility index (Phi) is 6.11. The molecule has 7 nitrogen and oxygen atoms in total. The Labute approximate surface area is 199 Å². The van der Waals surface area contributed by atoms with E-state index in [1.165, 1.54) is 0 Å². The van der Waals surface area contributed by atoms with Gasteiger partial charge in [0.2, 0.25) is 5.75 Å². The summed E-state index contributed by atoms with van der Waals surface area (Å²) in [7, 11) is 3.15. The fourth-order valence-corrected chi connectivity index (χ4v) is 5.26. The molecule has 0 saturated heterocycles. The van der Waals surface area contributed by atoms with E-state index in [9.17, 15) is 9.59 Å². The van der Waals surface area contributed by atoms with Crippen LogP contribution in [-0.4, -0.2) is 38.8 Å². The van der Waals surface area contributed by atoms with Gasteiger partial charge in [-0.2, -0.15) is 0 Å². The van der Waals surface area contributed by atoms with Crippen LogP contribution in [0.1, 0.15) is 60.9 Å². The van der Waals surface area contributed by atoms with Crippen molar-refractivity contribution in [2.45, 2.75) is 57.6 Å². The molecule has 1 aliphatic heterocycles. The molecule has 0 atom stereocenters. The van der Waals surface area contributed by atoms with Crippen molar-refractivity contribution in [1.82, 2.24) is 5.32 Å². The highest BCUT2D eigenvalue weighted by molar-refractivity contribution is 6.01. The van der Waals surface area contributed by atoms with Crippen LogP contribution in [0.3, 0.4) is 0 Å². The molecule has 0 aromatic heterocycles. The van der Waals surface area contributed by atoms with Crippen molar-refractivity contribution in [2.24, 2.45) is 5.41 Å². The van der Waals surface area contributed by atoms with Crippen molar-refractivity contribution in [1.29, 1.82) is 0 Å². The predicted molar refractivity (Wildman–Crippen MR) is 126 cm³/mol. The Morgan fingerprint density at radius 3 is 2.41 bits per heavy atom. The maximum absolute atomic E-state index is 13.1. The monoisotopic (exact) mass is 465 g/mol. The summed E-state index contributed by atoms with van der Waals surface area (Å²) in [6, 6.07) is 9.41. The zero-order valence-electron chi connectivity index (χ0n) is 19.8. The highest BCUT2D eigenvalue weighted by Gasteiger charge is 2.48. The lowest BCUT2D eigenvalue weighted by Gasteiger charge is -2.39. The minimum Gasteiger partial charge on any atom is -0.493 e. The quantitative estimate of drug-likeness (QED) is 0.572. The van der Waals surface area contributed by atoms with Gasteiger partial charge in [-0.15, -0.1) is 0 Å². The van der Waals surface area contributed by atoms with E-state index in [2.05, 4.69) is 5.32 Å². The van der Waals surface area contributed by atoms with Crippen molar-refractivity contribution >= 4 is 11.9 Å². The summed E-state index contributed by atoms with van der Waals surface area (Å²) in [5, 5.41) is 2.89. The normalized spacial score (nSPS) is 18.6. The second kappa shape index (κ2) is 9.20. The summed E-state index contributed by atoms with van der Waals surface area (Å²) < 4.78 is 23.5. The Bertz CT molecular complexity index is 1100. The molecule has 34 heavy (non-hydrogen) atoms. The molecule has 0 unspecified atom stereocenters. The lowest BCUT2D eigenvalue weighted by molar-refractivity contribution is -0.169. The summed E-state index contributed by atoms with van der Waals surface area (Å²) in [6.07, 6.45) is 6.63. The Balaban J connectivity index is 1.48. The van der Waals surface area contributed by atoms with Gasteiger partial charge in [0.05, 0.1) is 14.2 Å². The van der Waals surface area contributed by atoms with E-state index in [1.807, 2.05) is 30.3 Å². The van der Waals surface area contributed by atoms with Crippen molar-refractivity contribution in [3.63, 3.8) is 0 Å². The van der Waals surface area contributed by atoms with Gasteiger partial charge < -0.3 is 24.3 Å². The van der Waals surface area contributed by atoms with Gasteiger partial charge in [0.1, 0.15) is 18.1 Å². The number of methoxy groups -OCH3 is 2. The molecule has 0 bridgehead atoms. The number of amides is 1. The number of carbonyl (C=O) groups excluding carboxylic acids is 2. The molecule has 1 heterocycles. The minimum absolute atomic E-state index is 0.0313. The zero-order valence-corrected chi connectivity index (χ0v) is 19.8. The van der Waals surface area contributed by atoms with E-state index in [1.54, 1.807) is 14.2 Å². The molecule has 2 aliphatic carbocycles. The van der Waals surface area contributed by atoms with Crippen LogP contribution in [0.25, 0.3) is 11.1 Å². The van der Waals surface area contributed by atoms with Gasteiger partial charge in [0, 0.05) is 17.7 Å². The first kappa shape index (κ1) is 22.6. The van der Waals surface area contributed by atoms with Gasteiger partial charge in [-0.05, 0) is 67.9 Å². The van der Waals surface area contributed by atoms with E-state index in [4.69, 9.17) is 18.9 Å². The topological polar surface area (TPSA) is 83.1 Å². The number of ether oxygens (including phenoxy) is 4. The molecule has 180 valence electrons. The summed E-state index contributed by atoms with van der Waals surface area (Å²) in [5.41, 5.74) is 2.63. The number of hydrogen-bond acceptors (Lipinski definition) is 6. The lowest BCUT2D eigenvalue weighted by atomic mass is 9.69. The van der Waals surface area contributed by atoms with Gasteiger partial charge in [0.25, 0.3) is 5.91 Å². The number of benzene rings is 2. The second-order valence-electron chi connectivity index (χ2n) is 9.43. The van der Waals surface area contributed by atoms with Crippen LogP contribution in [0.5, 0.6) is 17.2 Å². The van der Waals surface area contributed by atoms with E-state index < -0.39 is 5.41 Å². The maximum atomic E-state index is 13.1. The summed E-state index contributed by atoms with van der Waals surface area (Å²) in [4.78, 5) is 25.4. The molecule has 2 saturated carbocycles. The van der Waals surface area contributed by atoms with Gasteiger partial charge in [-0.25, -0.2) is 0 Å². The summed E-state index contributed by atoms with van der Waals surface area (Å²) >= 11 is 0. The van der Waals surface area contributed by atoms with Crippen molar-refractivity contribution in [2.75, 3.05) is 20.8 Å². The van der Waals surface area contributed by atoms with E-state index in [-0.39, 0.29) is 24.6 Å². The van der Waals surface area contributed by atoms with Crippen molar-refractivity contribution < 1.29 is 28.5 Å². The van der Waals surface area contributed by atoms with E-state index in [0.717, 1.165) is 61.6 Å². The smallest absolute Gasteiger partial charge is 0.315 e. The third kappa shape index (κ3) is 3.87. The van der Waals surface area contributed by atoms with E-state index in [0.29, 0.717) is 29.4 Å². The number of carbonyl (C=O) groups is 2. The molecule has 5 rings (SSSR count). The molecule has 0 spiro atoms. The van der Waals surface area contributed by atoms with Crippen LogP contribution in [-0.2, 0) is 16.1 Å². The lowest BCUT2D eigenvalue weighted by Crippen LogP contribution is -2.45. The van der Waals surface area contributed by atoms with Crippen LogP contribution in [0, 0.1) is 5.41 Å². The average molecular weight is 466 g/mol. The highest BCUT2D eigenvalue weighted by atomic mass is 16.6. The maximum Gasteiger partial charge on any atom is 0.315 e. The number of esters is 1. The average Bonchev–Trinajstić information content (AvgIpc) is 3.47. The van der Waals surface area contributed by atoms with Crippen LogP contribution < -0.4 is 19.5 Å². The van der Waals surface area contributed by atoms with Gasteiger partial charge in [-0.1, -0.05) is 18.6 Å². The minimum atomic E-state index is -0.635. The SMILES string of the molecule is COc1ccc(-c2cccc3c2CNC3=O)c(OCC2(C(=O)OC3CCCC3)CCC2)c1OC. The molecule has 3 aliphatic rings. The first-order chi connectivity index (χ1) is 16.6. The van der Waals surface area contributed by atoms with Gasteiger partial charge in [0.15, 0.2) is 11.5 Å². The molecule has 2 aromatic carbocycles. The van der Waals surface area contributed by atoms with Gasteiger partial charge >= 0.3 is 5.97 Å². The van der Waals surface area contributed by atoms with Crippen LogP contribution in [0.4, 0.5) is 0 Å². The van der Waals surface area contributed by atoms with Crippen molar-refractivity contribution in [3.05, 3.63) is 41.5 Å². The molecule has 0 radical (unpaired) electrons. The molecule has 7 heteroatoms. The highest BCUT2D eigenvalue weighted by Crippen LogP contribution is 2.49. The number of nitrogens with one attached hydrogen (secondary N) is 1. The molecule has 1 amide bonds. The number of hydrogen-bond donors (Lipinski definition) is 1. The third-order valence-electron chi connectivity index (χ3n) is 7.45. The Hall–Kier alpha value is -3.22. The first-order valence-electron chi connectivity index (χ1n) is 12.1. The molecular weight excluding hydrogens is 434 g/mol. The zero-order chi connectivity index (χ0) is 23.7. The van der Waals surface area contributed by atoms with Crippen LogP contribution in [0.2, 0.25) is 0 Å². The number of rotatable bonds is 8. The predicted octanol–water partition coefficient (Wildman–Crippen LogP) is 4.65. The second-order valence-corrected chi connectivity index (χ2v) is 9.43. The van der Waals surface area contributed by atoms with Crippen molar-refractivity contribution in [3.8, 4) is 28.4 Å². The third-order valence-corrected chi connectivity index (χ3v) is 7.45. The van der Waals surface area contributed by atoms with Crippen LogP contribution in [0.15, 0.2) is 30.3 Å². The number of fused-ring (bicyclic) bond motifs is 1. The molecule has 1 N–H and O–H groups in total. The molecule has 2 fully saturated rings. The fourth-order valence-electron chi connectivity index (χ4n) is 5.26. The van der Waals surface area contributed by atoms with Crippen LogP contribution >= 0.6 is 0 Å². The van der Waals surface area contributed by atoms with E-state index >= 15 is 0 Å². The summed E-state index contributed by atoms with van der Waals surface area (Å²) in [6.45, 7) is 0.664. The van der Waals surface area contributed by atoms with Gasteiger partial charge in [-0.3, -0.25) is 9.59 Å². The fraction of sp³-hybridized carbons (Fsp3) is 0.481. The standard InChI is InChI=1S/C27H31NO6/c1-31-22-12-11-19(18-9-5-10-20-21(18)15-28-25(20)29)23(24(22)32-2)33-16-27(13-6-14-27)26(30)34-17-7-3-4-8-17/h5,9-12,17H,3-4,6-8,13-16H2,1-2H3,(H,28,29). The molecule has 2 aromatic rings. The largest absolute Gasteiger partial charge is 0.493 e. The first-order valence-corrected chi connectivity index (χ1v) is 12.1. The molecular formula is C27H31NO6. The Morgan fingerprint density at radius 2 is 1.74 bits per heavy atom.